The zero-order valence-corrected chi connectivity index (χ0v) is 22.2. The number of alkyl halides is 3. The van der Waals surface area contributed by atoms with Crippen molar-refractivity contribution in [1.82, 2.24) is 24.4 Å². The molecule has 2 aromatic heterocycles. The fraction of sp³-hybridized carbons (Fsp3) is 0.345. The molecule has 0 aliphatic carbocycles. The van der Waals surface area contributed by atoms with Gasteiger partial charge in [0.25, 0.3) is 5.91 Å². The number of nitrogens with one attached hydrogen (secondary N) is 1. The Morgan fingerprint density at radius 3 is 2.44 bits per heavy atom. The third-order valence-corrected chi connectivity index (χ3v) is 7.11. The number of aryl methyl sites for hydroxylation is 2. The van der Waals surface area contributed by atoms with E-state index in [1.165, 1.54) is 6.07 Å². The van der Waals surface area contributed by atoms with Gasteiger partial charge in [0.1, 0.15) is 0 Å². The van der Waals surface area contributed by atoms with Crippen LogP contribution in [0.4, 0.5) is 18.9 Å². The summed E-state index contributed by atoms with van der Waals surface area (Å²) in [6.45, 7) is 10.6. The van der Waals surface area contributed by atoms with Crippen LogP contribution in [0.5, 0.6) is 0 Å². The third-order valence-electron chi connectivity index (χ3n) is 7.11. The Morgan fingerprint density at radius 1 is 0.974 bits per heavy atom. The number of nitrogens with zero attached hydrogens (tertiary/aromatic N) is 5. The van der Waals surface area contributed by atoms with Crippen LogP contribution >= 0.6 is 0 Å². The molecule has 0 bridgehead atoms. The Hall–Kier alpha value is -3.76. The Kier molecular flexibility index (Phi) is 7.42. The van der Waals surface area contributed by atoms with Crippen LogP contribution in [-0.2, 0) is 12.7 Å². The maximum Gasteiger partial charge on any atom is 0.416 e. The van der Waals surface area contributed by atoms with Crippen molar-refractivity contribution in [2.45, 2.75) is 33.5 Å². The highest BCUT2D eigenvalue weighted by Gasteiger charge is 2.31. The molecule has 1 saturated heterocycles. The van der Waals surface area contributed by atoms with Gasteiger partial charge in [-0.15, -0.1) is 0 Å². The van der Waals surface area contributed by atoms with E-state index in [1.54, 1.807) is 22.7 Å². The Bertz CT molecular complexity index is 1500. The molecule has 10 heteroatoms. The minimum absolute atomic E-state index is 0.118. The van der Waals surface area contributed by atoms with Crippen LogP contribution in [-0.4, -0.2) is 63.0 Å². The van der Waals surface area contributed by atoms with Crippen molar-refractivity contribution < 1.29 is 18.0 Å². The van der Waals surface area contributed by atoms with Crippen molar-refractivity contribution in [3.05, 3.63) is 82.7 Å². The molecule has 0 radical (unpaired) electrons. The number of benzene rings is 2. The van der Waals surface area contributed by atoms with E-state index < -0.39 is 17.6 Å². The first-order chi connectivity index (χ1) is 18.6. The molecule has 0 spiro atoms. The number of rotatable bonds is 6. The number of fused-ring (bicyclic) bond motifs is 1. The first-order valence-corrected chi connectivity index (χ1v) is 13.0. The molecule has 3 heterocycles. The van der Waals surface area contributed by atoms with Gasteiger partial charge in [0.15, 0.2) is 5.65 Å². The number of hydrogen-bond acceptors (Lipinski definition) is 5. The first kappa shape index (κ1) is 26.8. The molecule has 7 nitrogen and oxygen atoms in total. The van der Waals surface area contributed by atoms with Crippen LogP contribution in [0.2, 0.25) is 0 Å². The summed E-state index contributed by atoms with van der Waals surface area (Å²) in [5.41, 5.74) is 4.08. The van der Waals surface area contributed by atoms with Gasteiger partial charge in [0, 0.05) is 49.5 Å². The van der Waals surface area contributed by atoms with E-state index in [4.69, 9.17) is 0 Å². The van der Waals surface area contributed by atoms with Crippen molar-refractivity contribution in [3.8, 4) is 11.3 Å². The van der Waals surface area contributed by atoms with E-state index in [-0.39, 0.29) is 5.69 Å². The lowest BCUT2D eigenvalue weighted by atomic mass is 10.0. The predicted octanol–water partition coefficient (Wildman–Crippen LogP) is 5.42. The molecule has 0 atom stereocenters. The molecule has 1 amide bonds. The van der Waals surface area contributed by atoms with Gasteiger partial charge in [0.05, 0.1) is 23.1 Å². The average Bonchev–Trinajstić information content (AvgIpc) is 3.28. The highest BCUT2D eigenvalue weighted by Crippen LogP contribution is 2.33. The number of aromatic nitrogens is 3. The van der Waals surface area contributed by atoms with Crippen LogP contribution in [0.1, 0.15) is 39.7 Å². The Labute approximate surface area is 225 Å². The summed E-state index contributed by atoms with van der Waals surface area (Å²) in [6, 6.07) is 12.7. The van der Waals surface area contributed by atoms with Crippen LogP contribution in [0.15, 0.2) is 54.7 Å². The molecule has 39 heavy (non-hydrogen) atoms. The van der Waals surface area contributed by atoms with Gasteiger partial charge in [0.2, 0.25) is 0 Å². The van der Waals surface area contributed by atoms with Crippen LogP contribution in [0.25, 0.3) is 16.9 Å². The molecule has 0 saturated carbocycles. The summed E-state index contributed by atoms with van der Waals surface area (Å²) in [5.74, 6) is -0.488. The van der Waals surface area contributed by atoms with Gasteiger partial charge >= 0.3 is 6.18 Å². The van der Waals surface area contributed by atoms with Crippen LogP contribution in [0, 0.1) is 13.8 Å². The lowest BCUT2D eigenvalue weighted by Gasteiger charge is -2.34. The second-order valence-electron chi connectivity index (χ2n) is 10.0. The Balaban J connectivity index is 1.39. The molecule has 2 aromatic carbocycles. The molecule has 204 valence electrons. The normalized spacial score (nSPS) is 15.1. The number of imidazole rings is 1. The highest BCUT2D eigenvalue weighted by molar-refractivity contribution is 6.05. The monoisotopic (exact) mass is 536 g/mol. The van der Waals surface area contributed by atoms with E-state index in [2.05, 4.69) is 32.1 Å². The zero-order chi connectivity index (χ0) is 27.7. The number of anilines is 1. The number of amides is 1. The van der Waals surface area contributed by atoms with Gasteiger partial charge in [-0.05, 0) is 74.0 Å². The summed E-state index contributed by atoms with van der Waals surface area (Å²) in [6.07, 6.45) is -2.71. The van der Waals surface area contributed by atoms with E-state index >= 15 is 0 Å². The summed E-state index contributed by atoms with van der Waals surface area (Å²) >= 11 is 0. The Morgan fingerprint density at radius 2 is 1.72 bits per heavy atom. The lowest BCUT2D eigenvalue weighted by molar-refractivity contribution is -0.137. The van der Waals surface area contributed by atoms with Gasteiger partial charge in [-0.2, -0.15) is 18.3 Å². The van der Waals surface area contributed by atoms with Crippen molar-refractivity contribution >= 4 is 17.2 Å². The van der Waals surface area contributed by atoms with Crippen LogP contribution in [0.3, 0.4) is 0 Å². The van der Waals surface area contributed by atoms with E-state index in [0.717, 1.165) is 61.3 Å². The first-order valence-electron chi connectivity index (χ1n) is 13.0. The molecule has 0 unspecified atom stereocenters. The summed E-state index contributed by atoms with van der Waals surface area (Å²) in [7, 11) is 0. The second kappa shape index (κ2) is 10.8. The molecule has 1 aliphatic heterocycles. The van der Waals surface area contributed by atoms with Gasteiger partial charge in [-0.25, -0.2) is 9.50 Å². The molecule has 4 aromatic rings. The SMILES string of the molecule is CCN1CCN(Cc2cc(NC(=O)c3ccc(C)c(-c4ccc5nc(C)cn5n4)c3)cc(C(F)(F)F)c2)CC1. The standard InChI is InChI=1S/C29H31F3N6O/c1-4-36-9-11-37(12-10-36)18-21-13-23(29(30,31)32)16-24(14-21)34-28(39)22-6-5-19(2)25(15-22)26-7-8-27-33-20(3)17-38(27)35-26/h5-8,13-17H,4,9-12,18H2,1-3H3,(H,34,39). The molecular formula is C29H31F3N6O. The van der Waals surface area contributed by atoms with E-state index in [0.29, 0.717) is 23.4 Å². The number of carbonyl (C=O) groups is 1. The smallest absolute Gasteiger partial charge is 0.322 e. The lowest BCUT2D eigenvalue weighted by Crippen LogP contribution is -2.45. The third kappa shape index (κ3) is 6.12. The summed E-state index contributed by atoms with van der Waals surface area (Å²) < 4.78 is 42.9. The van der Waals surface area contributed by atoms with Crippen molar-refractivity contribution in [2.24, 2.45) is 0 Å². The molecule has 1 N–H and O–H groups in total. The number of hydrogen-bond donors (Lipinski definition) is 1. The number of carbonyl (C=O) groups excluding carboxylic acids is 1. The maximum absolute atomic E-state index is 13.7. The van der Waals surface area contributed by atoms with Gasteiger partial charge in [-0.3, -0.25) is 9.69 Å². The molecular weight excluding hydrogens is 505 g/mol. The highest BCUT2D eigenvalue weighted by atomic mass is 19.4. The fourth-order valence-corrected chi connectivity index (χ4v) is 4.93. The predicted molar refractivity (Wildman–Crippen MR) is 145 cm³/mol. The largest absolute Gasteiger partial charge is 0.416 e. The van der Waals surface area contributed by atoms with Gasteiger partial charge < -0.3 is 10.2 Å². The van der Waals surface area contributed by atoms with Gasteiger partial charge in [-0.1, -0.05) is 13.0 Å². The maximum atomic E-state index is 13.7. The van der Waals surface area contributed by atoms with E-state index in [1.807, 2.05) is 38.2 Å². The average molecular weight is 537 g/mol. The molecule has 5 rings (SSSR count). The topological polar surface area (TPSA) is 65.8 Å². The zero-order valence-electron chi connectivity index (χ0n) is 22.2. The molecule has 1 fully saturated rings. The number of halogens is 3. The van der Waals surface area contributed by atoms with Crippen LogP contribution < -0.4 is 5.32 Å². The van der Waals surface area contributed by atoms with Crippen molar-refractivity contribution in [3.63, 3.8) is 0 Å². The van der Waals surface area contributed by atoms with Crippen molar-refractivity contribution in [2.75, 3.05) is 38.0 Å². The summed E-state index contributed by atoms with van der Waals surface area (Å²) in [4.78, 5) is 22.1. The van der Waals surface area contributed by atoms with Crippen molar-refractivity contribution in [1.29, 1.82) is 0 Å². The fourth-order valence-electron chi connectivity index (χ4n) is 4.93. The second-order valence-corrected chi connectivity index (χ2v) is 10.0. The number of piperazine rings is 1. The quantitative estimate of drug-likeness (QED) is 0.357. The summed E-state index contributed by atoms with van der Waals surface area (Å²) in [5, 5.41) is 7.31. The minimum atomic E-state index is -4.52. The number of likely N-dealkylation sites (N-methyl/N-ethyl adjacent to an activating group) is 1. The van der Waals surface area contributed by atoms with E-state index in [9.17, 15) is 18.0 Å². The molecule has 1 aliphatic rings. The minimum Gasteiger partial charge on any atom is -0.322 e.